The smallest absolute Gasteiger partial charge is 0.161 e. The fourth-order valence-corrected chi connectivity index (χ4v) is 7.59. The van der Waals surface area contributed by atoms with Crippen LogP contribution in [0.25, 0.3) is 33.2 Å². The van der Waals surface area contributed by atoms with Gasteiger partial charge in [0.05, 0.1) is 22.7 Å². The zero-order valence-electron chi connectivity index (χ0n) is 28.2. The number of phenols is 2. The molecular weight excluding hydrogens is 685 g/mol. The SMILES string of the molecule is Cc1ccc2c(Nc3cc(-c4ccc(Sc5ccc(O)cc5)c(Nc5ccnc6nc(C)ccc56)c4)ccc3Sc3ccc(O)cc3)ccnc2n1. The molecule has 52 heavy (non-hydrogen) atoms. The molecule has 0 saturated carbocycles. The van der Waals surface area contributed by atoms with Crippen LogP contribution in [0.15, 0.2) is 153 Å². The Hall–Kier alpha value is -6.10. The van der Waals surface area contributed by atoms with Crippen LogP contribution >= 0.6 is 23.5 Å². The molecular formula is C42H32N6O2S2. The van der Waals surface area contributed by atoms with Gasteiger partial charge in [-0.05, 0) is 134 Å². The van der Waals surface area contributed by atoms with Crippen molar-refractivity contribution in [1.29, 1.82) is 0 Å². The van der Waals surface area contributed by atoms with Gasteiger partial charge in [0.25, 0.3) is 0 Å². The lowest BCUT2D eigenvalue weighted by molar-refractivity contribution is 0.474. The molecule has 0 radical (unpaired) electrons. The van der Waals surface area contributed by atoms with Gasteiger partial charge in [0.1, 0.15) is 11.5 Å². The third-order valence-electron chi connectivity index (χ3n) is 8.45. The van der Waals surface area contributed by atoms with Crippen molar-refractivity contribution in [2.75, 3.05) is 10.6 Å². The average Bonchev–Trinajstić information content (AvgIpc) is 3.15. The van der Waals surface area contributed by atoms with E-state index in [-0.39, 0.29) is 11.5 Å². The molecule has 4 heterocycles. The van der Waals surface area contributed by atoms with E-state index >= 15 is 0 Å². The molecule has 0 atom stereocenters. The summed E-state index contributed by atoms with van der Waals surface area (Å²) in [4.78, 5) is 22.3. The molecule has 0 spiro atoms. The fourth-order valence-electron chi connectivity index (χ4n) is 5.83. The van der Waals surface area contributed by atoms with Crippen LogP contribution < -0.4 is 10.6 Å². The molecule has 0 aliphatic carbocycles. The Balaban J connectivity index is 1.22. The molecule has 0 aliphatic rings. The predicted octanol–water partition coefficient (Wildman–Crippen LogP) is 11.1. The lowest BCUT2D eigenvalue weighted by Crippen LogP contribution is -1.98. The number of aryl methyl sites for hydroxylation is 2. The van der Waals surface area contributed by atoms with Gasteiger partial charge in [-0.1, -0.05) is 35.7 Å². The summed E-state index contributed by atoms with van der Waals surface area (Å²) in [5.74, 6) is 0.457. The van der Waals surface area contributed by atoms with E-state index < -0.39 is 0 Å². The van der Waals surface area contributed by atoms with Crippen LogP contribution in [0, 0.1) is 13.8 Å². The van der Waals surface area contributed by atoms with Gasteiger partial charge in [0, 0.05) is 54.1 Å². The van der Waals surface area contributed by atoms with Crippen LogP contribution in [0.1, 0.15) is 11.4 Å². The molecule has 254 valence electrons. The Kier molecular flexibility index (Phi) is 9.07. The zero-order valence-corrected chi connectivity index (χ0v) is 29.8. The molecule has 0 aliphatic heterocycles. The molecule has 0 unspecified atom stereocenters. The van der Waals surface area contributed by atoms with Crippen LogP contribution in [-0.4, -0.2) is 30.1 Å². The molecule has 4 N–H and O–H groups in total. The van der Waals surface area contributed by atoms with E-state index in [2.05, 4.69) is 67.0 Å². The highest BCUT2D eigenvalue weighted by Gasteiger charge is 2.14. The first-order valence-electron chi connectivity index (χ1n) is 16.6. The average molecular weight is 717 g/mol. The van der Waals surface area contributed by atoms with Crippen LogP contribution in [0.3, 0.4) is 0 Å². The Bertz CT molecular complexity index is 2400. The zero-order chi connectivity index (χ0) is 35.6. The monoisotopic (exact) mass is 716 g/mol. The Morgan fingerprint density at radius 3 is 1.31 bits per heavy atom. The Morgan fingerprint density at radius 1 is 0.462 bits per heavy atom. The van der Waals surface area contributed by atoms with E-state index in [4.69, 9.17) is 0 Å². The summed E-state index contributed by atoms with van der Waals surface area (Å²) >= 11 is 3.23. The van der Waals surface area contributed by atoms with E-state index in [1.54, 1.807) is 60.2 Å². The standard InChI is InChI=1S/C42H32N6O2S2/c1-25-3-15-33-35(19-21-43-41(33)45-25)47-37-23-27(5-17-39(37)51-31-11-7-29(49)8-12-31)28-6-18-40(52-32-13-9-30(50)10-14-32)38(24-28)48-36-20-22-44-42-34(36)16-4-26(2)46-42/h3-24,49-50H,1-2H3,(H,43,45,47)(H,44,46,48). The number of fused-ring (bicyclic) bond motifs is 2. The van der Waals surface area contributed by atoms with E-state index in [1.807, 2.05) is 74.5 Å². The van der Waals surface area contributed by atoms with E-state index in [1.165, 1.54) is 0 Å². The minimum Gasteiger partial charge on any atom is -0.508 e. The van der Waals surface area contributed by atoms with Crippen LogP contribution in [0.5, 0.6) is 11.5 Å². The van der Waals surface area contributed by atoms with Crippen molar-refractivity contribution < 1.29 is 10.2 Å². The number of hydrogen-bond acceptors (Lipinski definition) is 10. The molecule has 4 aromatic heterocycles. The summed E-state index contributed by atoms with van der Waals surface area (Å²) in [6.45, 7) is 3.92. The second-order valence-corrected chi connectivity index (χ2v) is 14.5. The van der Waals surface area contributed by atoms with E-state index in [0.717, 1.165) is 75.6 Å². The number of benzene rings is 4. The number of aromatic nitrogens is 4. The fraction of sp³-hybridized carbons (Fsp3) is 0.0476. The second kappa shape index (κ2) is 14.3. The molecule has 4 aromatic carbocycles. The minimum atomic E-state index is 0.228. The van der Waals surface area contributed by atoms with Gasteiger partial charge in [-0.25, -0.2) is 19.9 Å². The van der Waals surface area contributed by atoms with Crippen molar-refractivity contribution in [3.05, 3.63) is 145 Å². The normalized spacial score (nSPS) is 11.2. The maximum Gasteiger partial charge on any atom is 0.161 e. The third kappa shape index (κ3) is 7.20. The number of anilines is 4. The molecule has 0 amide bonds. The van der Waals surface area contributed by atoms with Crippen LogP contribution in [0.2, 0.25) is 0 Å². The summed E-state index contributed by atoms with van der Waals surface area (Å²) in [6.07, 6.45) is 3.55. The van der Waals surface area contributed by atoms with Gasteiger partial charge >= 0.3 is 0 Å². The minimum absolute atomic E-state index is 0.228. The van der Waals surface area contributed by atoms with Crippen molar-refractivity contribution in [2.45, 2.75) is 33.4 Å². The van der Waals surface area contributed by atoms with Gasteiger partial charge in [-0.3, -0.25) is 0 Å². The Morgan fingerprint density at radius 2 is 0.885 bits per heavy atom. The summed E-state index contributed by atoms with van der Waals surface area (Å²) < 4.78 is 0. The maximum atomic E-state index is 9.89. The van der Waals surface area contributed by atoms with Crippen LogP contribution in [0.4, 0.5) is 22.7 Å². The van der Waals surface area contributed by atoms with Gasteiger partial charge in [-0.15, -0.1) is 0 Å². The summed E-state index contributed by atoms with van der Waals surface area (Å²) in [7, 11) is 0. The lowest BCUT2D eigenvalue weighted by Gasteiger charge is -2.18. The van der Waals surface area contributed by atoms with Gasteiger partial charge in [0.2, 0.25) is 0 Å². The number of rotatable bonds is 9. The maximum absolute atomic E-state index is 9.89. The predicted molar refractivity (Wildman–Crippen MR) is 211 cm³/mol. The highest BCUT2D eigenvalue weighted by molar-refractivity contribution is 7.99. The van der Waals surface area contributed by atoms with Crippen molar-refractivity contribution >= 4 is 68.3 Å². The number of nitrogens with one attached hydrogen (secondary N) is 2. The van der Waals surface area contributed by atoms with Crippen molar-refractivity contribution in [1.82, 2.24) is 19.9 Å². The quantitative estimate of drug-likeness (QED) is 0.115. The molecule has 10 heteroatoms. The summed E-state index contributed by atoms with van der Waals surface area (Å²) in [5, 5.41) is 29.0. The van der Waals surface area contributed by atoms with Crippen molar-refractivity contribution in [3.8, 4) is 22.6 Å². The molecule has 8 nitrogen and oxygen atoms in total. The highest BCUT2D eigenvalue weighted by atomic mass is 32.2. The lowest BCUT2D eigenvalue weighted by atomic mass is 10.0. The number of nitrogens with zero attached hydrogens (tertiary/aromatic N) is 4. The number of aromatic hydroxyl groups is 2. The first-order chi connectivity index (χ1) is 25.3. The molecule has 0 bridgehead atoms. The number of hydrogen-bond donors (Lipinski definition) is 4. The molecule has 8 rings (SSSR count). The van der Waals surface area contributed by atoms with Gasteiger partial charge in [0.15, 0.2) is 11.3 Å². The van der Waals surface area contributed by atoms with E-state index in [9.17, 15) is 10.2 Å². The van der Waals surface area contributed by atoms with E-state index in [0.29, 0.717) is 11.3 Å². The Labute approximate surface area is 309 Å². The largest absolute Gasteiger partial charge is 0.508 e. The summed E-state index contributed by atoms with van der Waals surface area (Å²) in [6, 6.07) is 39.3. The van der Waals surface area contributed by atoms with Gasteiger partial charge < -0.3 is 20.8 Å². The topological polar surface area (TPSA) is 116 Å². The molecule has 0 fully saturated rings. The van der Waals surface area contributed by atoms with Crippen molar-refractivity contribution in [2.24, 2.45) is 0 Å². The summed E-state index contributed by atoms with van der Waals surface area (Å²) in [5.41, 5.74) is 8.86. The number of phenolic OH excluding ortho intramolecular Hbond substituents is 2. The number of pyridine rings is 4. The second-order valence-electron chi connectivity index (χ2n) is 12.2. The molecule has 0 saturated heterocycles. The van der Waals surface area contributed by atoms with Crippen molar-refractivity contribution in [3.63, 3.8) is 0 Å². The van der Waals surface area contributed by atoms with Crippen LogP contribution in [-0.2, 0) is 0 Å². The first-order valence-corrected chi connectivity index (χ1v) is 18.2. The highest BCUT2D eigenvalue weighted by Crippen LogP contribution is 2.42. The third-order valence-corrected chi connectivity index (χ3v) is 10.6. The molecule has 8 aromatic rings. The van der Waals surface area contributed by atoms with Gasteiger partial charge in [-0.2, -0.15) is 0 Å². The first kappa shape index (κ1) is 33.1.